The number of rotatable bonds is 4. The second-order valence-corrected chi connectivity index (χ2v) is 5.64. The highest BCUT2D eigenvalue weighted by molar-refractivity contribution is 5.98. The summed E-state index contributed by atoms with van der Waals surface area (Å²) in [7, 11) is 4.27. The number of nitrogens with zero attached hydrogens (tertiary/aromatic N) is 3. The molecule has 1 saturated heterocycles. The van der Waals surface area contributed by atoms with E-state index in [2.05, 4.69) is 29.1 Å². The van der Waals surface area contributed by atoms with E-state index < -0.39 is 0 Å². The normalized spacial score (nSPS) is 21.4. The van der Waals surface area contributed by atoms with Crippen molar-refractivity contribution in [3.8, 4) is 0 Å². The summed E-state index contributed by atoms with van der Waals surface area (Å²) in [6.07, 6.45) is 2.47. The maximum Gasteiger partial charge on any atom is 0.170 e. The molecular weight excluding hydrogens is 252 g/mol. The van der Waals surface area contributed by atoms with E-state index in [1.807, 2.05) is 24.3 Å². The molecule has 2 rings (SSSR count). The summed E-state index contributed by atoms with van der Waals surface area (Å²) in [6, 6.07) is 8.47. The number of benzene rings is 1. The molecule has 3 N–H and O–H groups in total. The largest absolute Gasteiger partial charge is 0.409 e. The van der Waals surface area contributed by atoms with Crippen molar-refractivity contribution in [1.29, 1.82) is 0 Å². The third-order valence-corrected chi connectivity index (χ3v) is 4.01. The smallest absolute Gasteiger partial charge is 0.170 e. The van der Waals surface area contributed by atoms with Crippen molar-refractivity contribution in [3.63, 3.8) is 0 Å². The van der Waals surface area contributed by atoms with E-state index in [4.69, 9.17) is 10.9 Å². The number of nitrogens with two attached hydrogens (primary N) is 1. The first-order valence-corrected chi connectivity index (χ1v) is 7.06. The topological polar surface area (TPSA) is 65.1 Å². The van der Waals surface area contributed by atoms with Crippen molar-refractivity contribution in [2.24, 2.45) is 10.9 Å². The molecular formula is C15H24N4O. The molecule has 0 spiro atoms. The van der Waals surface area contributed by atoms with E-state index in [-0.39, 0.29) is 5.84 Å². The summed E-state index contributed by atoms with van der Waals surface area (Å²) in [4.78, 5) is 4.74. The molecule has 0 bridgehead atoms. The Labute approximate surface area is 120 Å². The van der Waals surface area contributed by atoms with E-state index in [1.165, 1.54) is 12.8 Å². The van der Waals surface area contributed by atoms with E-state index >= 15 is 0 Å². The molecule has 1 aromatic carbocycles. The lowest BCUT2D eigenvalue weighted by Crippen LogP contribution is -2.44. The van der Waals surface area contributed by atoms with Crippen molar-refractivity contribution in [2.45, 2.75) is 25.4 Å². The zero-order valence-corrected chi connectivity index (χ0v) is 12.3. The van der Waals surface area contributed by atoms with Crippen molar-refractivity contribution < 1.29 is 5.21 Å². The van der Waals surface area contributed by atoms with Gasteiger partial charge in [-0.05, 0) is 39.0 Å². The highest BCUT2D eigenvalue weighted by Gasteiger charge is 2.22. The maximum atomic E-state index is 8.88. The van der Waals surface area contributed by atoms with Gasteiger partial charge in [0.15, 0.2) is 5.84 Å². The highest BCUT2D eigenvalue weighted by Crippen LogP contribution is 2.18. The minimum atomic E-state index is 0.182. The van der Waals surface area contributed by atoms with Crippen LogP contribution in [0.2, 0.25) is 0 Å². The molecule has 1 atom stereocenters. The Balaban J connectivity index is 2.10. The monoisotopic (exact) mass is 276 g/mol. The average molecular weight is 276 g/mol. The van der Waals surface area contributed by atoms with Crippen LogP contribution in [0.1, 0.15) is 24.0 Å². The Morgan fingerprint density at radius 3 is 2.90 bits per heavy atom. The molecule has 5 nitrogen and oxygen atoms in total. The van der Waals surface area contributed by atoms with Gasteiger partial charge in [-0.15, -0.1) is 0 Å². The van der Waals surface area contributed by atoms with Crippen LogP contribution in [0, 0.1) is 0 Å². The third kappa shape index (κ3) is 3.49. The van der Waals surface area contributed by atoms with Gasteiger partial charge >= 0.3 is 0 Å². The Morgan fingerprint density at radius 1 is 1.45 bits per heavy atom. The summed E-state index contributed by atoms with van der Waals surface area (Å²) < 4.78 is 0. The van der Waals surface area contributed by atoms with Crippen LogP contribution >= 0.6 is 0 Å². The highest BCUT2D eigenvalue weighted by atomic mass is 16.4. The SMILES string of the molecule is CN(C)C1CCCN(Cc2ccccc2C(N)=NO)C1. The first-order chi connectivity index (χ1) is 9.61. The zero-order valence-electron chi connectivity index (χ0n) is 12.3. The Morgan fingerprint density at radius 2 is 2.20 bits per heavy atom. The van der Waals surface area contributed by atoms with E-state index in [0.29, 0.717) is 6.04 Å². The van der Waals surface area contributed by atoms with Gasteiger partial charge in [0.25, 0.3) is 0 Å². The van der Waals surface area contributed by atoms with Crippen molar-refractivity contribution in [2.75, 3.05) is 27.2 Å². The van der Waals surface area contributed by atoms with Gasteiger partial charge in [0, 0.05) is 24.7 Å². The van der Waals surface area contributed by atoms with Gasteiger partial charge in [-0.3, -0.25) is 4.90 Å². The van der Waals surface area contributed by atoms with Gasteiger partial charge in [-0.1, -0.05) is 29.4 Å². The van der Waals surface area contributed by atoms with E-state index in [9.17, 15) is 0 Å². The summed E-state index contributed by atoms with van der Waals surface area (Å²) >= 11 is 0. The summed E-state index contributed by atoms with van der Waals surface area (Å²) in [5.74, 6) is 0.182. The van der Waals surface area contributed by atoms with Gasteiger partial charge < -0.3 is 15.8 Å². The lowest BCUT2D eigenvalue weighted by molar-refractivity contribution is 0.128. The number of likely N-dealkylation sites (tertiary alicyclic amines) is 1. The quantitative estimate of drug-likeness (QED) is 0.377. The van der Waals surface area contributed by atoms with E-state index in [0.717, 1.165) is 30.8 Å². The molecule has 1 fully saturated rings. The lowest BCUT2D eigenvalue weighted by atomic mass is 10.0. The first kappa shape index (κ1) is 14.8. The minimum absolute atomic E-state index is 0.182. The molecule has 0 amide bonds. The van der Waals surface area contributed by atoms with Crippen molar-refractivity contribution in [3.05, 3.63) is 35.4 Å². The standard InChI is InChI=1S/C15H24N4O/c1-18(2)13-7-5-9-19(11-13)10-12-6-3-4-8-14(12)15(16)17-20/h3-4,6,8,13,20H,5,7,9-11H2,1-2H3,(H2,16,17). The molecule has 0 radical (unpaired) electrons. The van der Waals surface area contributed by atoms with E-state index in [1.54, 1.807) is 0 Å². The van der Waals surface area contributed by atoms with Gasteiger partial charge in [-0.2, -0.15) is 0 Å². The molecule has 0 saturated carbocycles. The Kier molecular flexibility index (Phi) is 4.98. The predicted molar refractivity (Wildman–Crippen MR) is 80.9 cm³/mol. The van der Waals surface area contributed by atoms with Crippen LogP contribution in [0.5, 0.6) is 0 Å². The fourth-order valence-electron chi connectivity index (χ4n) is 2.80. The van der Waals surface area contributed by atoms with Crippen LogP contribution < -0.4 is 5.73 Å². The number of oxime groups is 1. The fraction of sp³-hybridized carbons (Fsp3) is 0.533. The number of likely N-dealkylation sites (N-methyl/N-ethyl adjacent to an activating group) is 1. The molecule has 20 heavy (non-hydrogen) atoms. The van der Waals surface area contributed by atoms with Gasteiger partial charge in [-0.25, -0.2) is 0 Å². The second-order valence-electron chi connectivity index (χ2n) is 5.64. The molecule has 1 aliphatic rings. The molecule has 110 valence electrons. The molecule has 1 aromatic rings. The van der Waals surface area contributed by atoms with Crippen LogP contribution in [0.3, 0.4) is 0 Å². The van der Waals surface area contributed by atoms with Crippen LogP contribution in [0.15, 0.2) is 29.4 Å². The predicted octanol–water partition coefficient (Wildman–Crippen LogP) is 1.31. The Bertz CT molecular complexity index is 473. The number of amidine groups is 1. The average Bonchev–Trinajstić information content (AvgIpc) is 2.47. The van der Waals surface area contributed by atoms with Crippen LogP contribution in [0.4, 0.5) is 0 Å². The summed E-state index contributed by atoms with van der Waals surface area (Å²) in [5, 5.41) is 12.0. The second kappa shape index (κ2) is 6.72. The fourth-order valence-corrected chi connectivity index (χ4v) is 2.80. The minimum Gasteiger partial charge on any atom is -0.409 e. The Hall–Kier alpha value is -1.59. The van der Waals surface area contributed by atoms with Gasteiger partial charge in [0.2, 0.25) is 0 Å². The van der Waals surface area contributed by atoms with Crippen molar-refractivity contribution in [1.82, 2.24) is 9.80 Å². The first-order valence-electron chi connectivity index (χ1n) is 7.06. The lowest BCUT2D eigenvalue weighted by Gasteiger charge is -2.36. The molecule has 0 aromatic heterocycles. The molecule has 0 aliphatic carbocycles. The zero-order chi connectivity index (χ0) is 14.5. The molecule has 1 heterocycles. The molecule has 1 unspecified atom stereocenters. The van der Waals surface area contributed by atoms with Crippen LogP contribution in [0.25, 0.3) is 0 Å². The van der Waals surface area contributed by atoms with Gasteiger partial charge in [0.05, 0.1) is 0 Å². The number of piperidine rings is 1. The summed E-state index contributed by atoms with van der Waals surface area (Å²) in [6.45, 7) is 3.02. The number of hydrogen-bond donors (Lipinski definition) is 2. The van der Waals surface area contributed by atoms with Gasteiger partial charge in [0.1, 0.15) is 0 Å². The van der Waals surface area contributed by atoms with Crippen molar-refractivity contribution >= 4 is 5.84 Å². The molecule has 5 heteroatoms. The summed E-state index contributed by atoms with van der Waals surface area (Å²) in [5.41, 5.74) is 7.68. The van der Waals surface area contributed by atoms with Crippen LogP contribution in [-0.2, 0) is 6.54 Å². The number of hydrogen-bond acceptors (Lipinski definition) is 4. The molecule has 1 aliphatic heterocycles. The maximum absolute atomic E-state index is 8.88. The van der Waals surface area contributed by atoms with Crippen LogP contribution in [-0.4, -0.2) is 54.1 Å². The third-order valence-electron chi connectivity index (χ3n) is 4.01.